The van der Waals surface area contributed by atoms with Crippen LogP contribution in [-0.4, -0.2) is 20.2 Å². The minimum atomic E-state index is -0.519. The van der Waals surface area contributed by atoms with E-state index in [0.717, 1.165) is 0 Å². The van der Waals surface area contributed by atoms with Crippen molar-refractivity contribution in [3.63, 3.8) is 0 Å². The first-order valence-corrected chi connectivity index (χ1v) is 9.61. The molecule has 0 aromatic rings. The summed E-state index contributed by atoms with van der Waals surface area (Å²) in [4.78, 5) is 11.1. The molecular weight excluding hydrogens is 296 g/mol. The molecule has 0 aromatic heterocycles. The van der Waals surface area contributed by atoms with Gasteiger partial charge >= 0.3 is 5.30 Å². The van der Waals surface area contributed by atoms with Gasteiger partial charge in [0.15, 0.2) is 4.38 Å². The van der Waals surface area contributed by atoms with Crippen LogP contribution in [0.1, 0.15) is 64.2 Å². The van der Waals surface area contributed by atoms with Crippen LogP contribution < -0.4 is 0 Å². The molecule has 5 heteroatoms. The van der Waals surface area contributed by atoms with Crippen molar-refractivity contribution in [1.29, 1.82) is 0 Å². The summed E-state index contributed by atoms with van der Waals surface area (Å²) in [5, 5.41) is 0.836. The lowest BCUT2D eigenvalue weighted by Gasteiger charge is -2.34. The normalized spacial score (nSPS) is 22.5. The van der Waals surface area contributed by atoms with E-state index in [4.69, 9.17) is 4.74 Å². The Morgan fingerprint density at radius 3 is 1.63 bits per heavy atom. The number of hydrogen-bond donors (Lipinski definition) is 2. The number of hydrogen-bond acceptors (Lipinski definition) is 2. The van der Waals surface area contributed by atoms with Crippen LogP contribution in [0.5, 0.6) is 0 Å². The van der Waals surface area contributed by atoms with Crippen LogP contribution in [0, 0.1) is 0 Å². The lowest BCUT2D eigenvalue weighted by molar-refractivity contribution is 0.227. The second kappa shape index (κ2) is 7.99. The zero-order valence-corrected chi connectivity index (χ0v) is 14.0. The predicted molar refractivity (Wildman–Crippen MR) is 90.8 cm³/mol. The topological polar surface area (TPSA) is 26.3 Å². The van der Waals surface area contributed by atoms with E-state index in [2.05, 4.69) is 25.3 Å². The molecule has 0 radical (unpaired) electrons. The summed E-state index contributed by atoms with van der Waals surface area (Å²) in [6, 6.07) is 0. The van der Waals surface area contributed by atoms with Crippen molar-refractivity contribution in [2.24, 2.45) is 0 Å². The van der Waals surface area contributed by atoms with Gasteiger partial charge in [0.2, 0.25) is 0 Å². The first kappa shape index (κ1) is 15.8. The van der Waals surface area contributed by atoms with Gasteiger partial charge in [-0.05, 0) is 25.7 Å². The van der Waals surface area contributed by atoms with Crippen molar-refractivity contribution in [2.45, 2.75) is 74.7 Å². The molecule has 0 atom stereocenters. The first-order valence-electron chi connectivity index (χ1n) is 7.37. The molecule has 0 spiro atoms. The van der Waals surface area contributed by atoms with E-state index < -0.39 is 5.30 Å². The van der Waals surface area contributed by atoms with Gasteiger partial charge in [0.05, 0.1) is 0 Å². The highest BCUT2D eigenvalue weighted by atomic mass is 32.2. The summed E-state index contributed by atoms with van der Waals surface area (Å²) in [5.74, 6) is 0. The van der Waals surface area contributed by atoms with Gasteiger partial charge in [-0.25, -0.2) is 4.79 Å². The molecule has 2 nitrogen and oxygen atoms in total. The van der Waals surface area contributed by atoms with Crippen LogP contribution >= 0.6 is 35.7 Å². The Hall–Kier alpha value is 0.390. The van der Waals surface area contributed by atoms with Gasteiger partial charge in [0.1, 0.15) is 0 Å². The van der Waals surface area contributed by atoms with Gasteiger partial charge in [-0.1, -0.05) is 63.8 Å². The molecule has 0 saturated heterocycles. The summed E-state index contributed by atoms with van der Waals surface area (Å²) in [5.41, 5.74) is 0. The summed E-state index contributed by atoms with van der Waals surface area (Å²) in [6.07, 6.45) is 13.1. The van der Waals surface area contributed by atoms with Gasteiger partial charge < -0.3 is 4.74 Å². The molecule has 0 unspecified atom stereocenters. The maximum absolute atomic E-state index is 11.1. The molecule has 19 heavy (non-hydrogen) atoms. The Morgan fingerprint density at radius 2 is 1.26 bits per heavy atom. The average Bonchev–Trinajstić information content (AvgIpc) is 2.40. The van der Waals surface area contributed by atoms with Gasteiger partial charge in [-0.15, -0.1) is 10.5 Å². The van der Waals surface area contributed by atoms with Crippen LogP contribution in [-0.2, 0) is 4.74 Å². The Morgan fingerprint density at radius 1 is 0.842 bits per heavy atom. The zero-order valence-electron chi connectivity index (χ0n) is 11.3. The molecule has 110 valence electrons. The molecule has 2 aliphatic rings. The molecule has 0 aliphatic heterocycles. The fourth-order valence-corrected chi connectivity index (χ4v) is 7.49. The lowest BCUT2D eigenvalue weighted by atomic mass is 10.00. The maximum atomic E-state index is 11.1. The van der Waals surface area contributed by atoms with Crippen molar-refractivity contribution in [1.82, 2.24) is 0 Å². The third-order valence-corrected chi connectivity index (χ3v) is 7.88. The summed E-state index contributed by atoms with van der Waals surface area (Å²) < 4.78 is 5.89. The minimum Gasteiger partial charge on any atom is -0.406 e. The quantitative estimate of drug-likeness (QED) is 0.425. The number of carbonyl (C=O) groups is 1. The molecule has 0 bridgehead atoms. The molecule has 0 heterocycles. The minimum absolute atomic E-state index is 0.0262. The third-order valence-electron chi connectivity index (χ3n) is 4.20. The number of rotatable bonds is 2. The Balaban J connectivity index is 2.17. The molecule has 2 aliphatic carbocycles. The fraction of sp³-hybridized carbons (Fsp3) is 0.857. The monoisotopic (exact) mass is 320 g/mol. The Kier molecular flexibility index (Phi) is 6.63. The van der Waals surface area contributed by atoms with E-state index in [1.165, 1.54) is 64.2 Å². The number of carbonyl (C=O) groups excluding carboxylic acids is 1. The fourth-order valence-electron chi connectivity index (χ4n) is 3.32. The standard InChI is InChI=1S/C14H24O2S3/c15-13(17)16-14(18)19(11-7-3-1-4-8-11)12-9-5-2-6-10-12/h11-12,18H,1-10H2,(H,15,17). The van der Waals surface area contributed by atoms with Crippen molar-refractivity contribution < 1.29 is 9.53 Å². The average molecular weight is 321 g/mol. The van der Waals surface area contributed by atoms with E-state index in [-0.39, 0.29) is 10.5 Å². The van der Waals surface area contributed by atoms with E-state index >= 15 is 0 Å². The highest BCUT2D eigenvalue weighted by Gasteiger charge is 2.28. The predicted octanol–water partition coefficient (Wildman–Crippen LogP) is 5.00. The molecular formula is C14H24O2S3. The van der Waals surface area contributed by atoms with Crippen molar-refractivity contribution in [3.05, 3.63) is 0 Å². The van der Waals surface area contributed by atoms with E-state index in [0.29, 0.717) is 14.9 Å². The van der Waals surface area contributed by atoms with Crippen LogP contribution in [0.4, 0.5) is 4.79 Å². The van der Waals surface area contributed by atoms with Gasteiger partial charge in [0, 0.05) is 10.5 Å². The Labute approximate surface area is 129 Å². The van der Waals surface area contributed by atoms with Crippen LogP contribution in [0.2, 0.25) is 0 Å². The highest BCUT2D eigenvalue weighted by Crippen LogP contribution is 2.44. The highest BCUT2D eigenvalue weighted by molar-refractivity contribution is 8.28. The van der Waals surface area contributed by atoms with Gasteiger partial charge in [-0.3, -0.25) is 0 Å². The van der Waals surface area contributed by atoms with E-state index in [1.54, 1.807) is 0 Å². The maximum Gasteiger partial charge on any atom is 0.370 e. The van der Waals surface area contributed by atoms with Gasteiger partial charge in [0.25, 0.3) is 0 Å². The van der Waals surface area contributed by atoms with E-state index in [9.17, 15) is 4.79 Å². The molecule has 0 N–H and O–H groups in total. The van der Waals surface area contributed by atoms with Crippen LogP contribution in [0.25, 0.3) is 0 Å². The van der Waals surface area contributed by atoms with Crippen LogP contribution in [0.15, 0.2) is 0 Å². The SMILES string of the molecule is O=C(S)OC(S)=S(C1CCCCC1)C1CCCCC1. The molecule has 0 aromatic carbocycles. The number of thiol groups is 2. The zero-order chi connectivity index (χ0) is 13.7. The summed E-state index contributed by atoms with van der Waals surface area (Å²) in [6.45, 7) is 0. The second-order valence-corrected chi connectivity index (χ2v) is 9.05. The van der Waals surface area contributed by atoms with Crippen molar-refractivity contribution >= 4 is 45.4 Å². The molecule has 0 amide bonds. The number of ether oxygens (including phenoxy) is 1. The van der Waals surface area contributed by atoms with Crippen molar-refractivity contribution in [2.75, 3.05) is 0 Å². The first-order chi connectivity index (χ1) is 9.18. The lowest BCUT2D eigenvalue weighted by Crippen LogP contribution is -2.23. The van der Waals surface area contributed by atoms with Gasteiger partial charge in [-0.2, -0.15) is 0 Å². The Bertz CT molecular complexity index is 323. The molecule has 2 rings (SSSR count). The summed E-state index contributed by atoms with van der Waals surface area (Å²) >= 11 is 8.26. The van der Waals surface area contributed by atoms with Crippen LogP contribution in [0.3, 0.4) is 0 Å². The largest absolute Gasteiger partial charge is 0.406 e. The summed E-state index contributed by atoms with van der Waals surface area (Å²) in [7, 11) is 0.0262. The molecule has 2 saturated carbocycles. The molecule has 2 fully saturated rings. The second-order valence-electron chi connectivity index (χ2n) is 5.53. The smallest absolute Gasteiger partial charge is 0.370 e. The third kappa shape index (κ3) is 4.71. The van der Waals surface area contributed by atoms with E-state index in [1.807, 2.05) is 0 Å². The van der Waals surface area contributed by atoms with Crippen molar-refractivity contribution in [3.8, 4) is 0 Å².